The number of para-hydroxylation sites is 1. The van der Waals surface area contributed by atoms with Crippen LogP contribution in [0.5, 0.6) is 5.75 Å². The molecule has 0 saturated carbocycles. The van der Waals surface area contributed by atoms with Crippen molar-refractivity contribution in [1.82, 2.24) is 10.2 Å². The maximum atomic E-state index is 12.9. The van der Waals surface area contributed by atoms with Crippen molar-refractivity contribution in [3.05, 3.63) is 64.1 Å². The van der Waals surface area contributed by atoms with E-state index in [1.807, 2.05) is 32.0 Å². The Morgan fingerprint density at radius 1 is 1.00 bits per heavy atom. The standard InChI is InChI=1S/C21H24Cl2N2O3/c1-14(2)24-21(27)15(3)25(12-17-18(22)10-7-11-19(17)23)20(26)13-28-16-8-5-4-6-9-16/h4-11,14-15H,12-13H2,1-3H3,(H,24,27)/t15-/m0/s1. The first kappa shape index (κ1) is 22.1. The van der Waals surface area contributed by atoms with Gasteiger partial charge in [-0.2, -0.15) is 0 Å². The molecule has 1 N–H and O–H groups in total. The molecule has 150 valence electrons. The zero-order chi connectivity index (χ0) is 20.7. The first-order valence-electron chi connectivity index (χ1n) is 9.00. The highest BCUT2D eigenvalue weighted by Gasteiger charge is 2.28. The van der Waals surface area contributed by atoms with Gasteiger partial charge >= 0.3 is 0 Å². The Bertz CT molecular complexity index is 792. The van der Waals surface area contributed by atoms with E-state index in [1.54, 1.807) is 37.3 Å². The normalized spacial score (nSPS) is 11.8. The van der Waals surface area contributed by atoms with Crippen molar-refractivity contribution >= 4 is 35.0 Å². The maximum Gasteiger partial charge on any atom is 0.261 e. The zero-order valence-electron chi connectivity index (χ0n) is 16.1. The lowest BCUT2D eigenvalue weighted by atomic mass is 10.1. The second-order valence-corrected chi connectivity index (χ2v) is 7.48. The number of carbonyl (C=O) groups is 2. The minimum absolute atomic E-state index is 0.0450. The van der Waals surface area contributed by atoms with Gasteiger partial charge in [0.2, 0.25) is 5.91 Å². The van der Waals surface area contributed by atoms with Gasteiger partial charge in [-0.15, -0.1) is 0 Å². The van der Waals surface area contributed by atoms with Gasteiger partial charge in [0.1, 0.15) is 11.8 Å². The van der Waals surface area contributed by atoms with Crippen molar-refractivity contribution < 1.29 is 14.3 Å². The molecule has 0 fully saturated rings. The molecule has 0 heterocycles. The van der Waals surface area contributed by atoms with Gasteiger partial charge in [0.15, 0.2) is 6.61 Å². The first-order valence-corrected chi connectivity index (χ1v) is 9.75. The quantitative estimate of drug-likeness (QED) is 0.688. The molecule has 0 bridgehead atoms. The molecule has 5 nitrogen and oxygen atoms in total. The minimum atomic E-state index is -0.721. The van der Waals surface area contributed by atoms with E-state index in [-0.39, 0.29) is 31.0 Å². The number of ether oxygens (including phenoxy) is 1. The Morgan fingerprint density at radius 3 is 2.18 bits per heavy atom. The third-order valence-electron chi connectivity index (χ3n) is 4.09. The fraction of sp³-hybridized carbons (Fsp3) is 0.333. The van der Waals surface area contributed by atoms with Crippen LogP contribution in [0.1, 0.15) is 26.3 Å². The maximum absolute atomic E-state index is 12.9. The van der Waals surface area contributed by atoms with Crippen molar-refractivity contribution in [2.75, 3.05) is 6.61 Å². The van der Waals surface area contributed by atoms with Gasteiger partial charge in [0, 0.05) is 28.2 Å². The van der Waals surface area contributed by atoms with Gasteiger partial charge in [-0.25, -0.2) is 0 Å². The summed E-state index contributed by atoms with van der Waals surface area (Å²) in [4.78, 5) is 26.9. The van der Waals surface area contributed by atoms with Crippen molar-refractivity contribution in [2.24, 2.45) is 0 Å². The largest absolute Gasteiger partial charge is 0.484 e. The molecule has 7 heteroatoms. The molecular weight excluding hydrogens is 399 g/mol. The number of nitrogens with one attached hydrogen (secondary N) is 1. The molecule has 1 atom stereocenters. The van der Waals surface area contributed by atoms with Crippen LogP contribution in [0.2, 0.25) is 10.0 Å². The molecule has 0 saturated heterocycles. The summed E-state index contributed by atoms with van der Waals surface area (Å²) < 4.78 is 5.57. The van der Waals surface area contributed by atoms with Gasteiger partial charge in [-0.1, -0.05) is 47.5 Å². The summed E-state index contributed by atoms with van der Waals surface area (Å²) in [5, 5.41) is 3.70. The summed E-state index contributed by atoms with van der Waals surface area (Å²) in [6.45, 7) is 5.29. The third kappa shape index (κ3) is 6.14. The van der Waals surface area contributed by atoms with Crippen molar-refractivity contribution in [3.63, 3.8) is 0 Å². The molecular formula is C21H24Cl2N2O3. The average molecular weight is 423 g/mol. The first-order chi connectivity index (χ1) is 13.3. The Labute approximate surface area is 175 Å². The molecule has 0 aliphatic heterocycles. The molecule has 0 unspecified atom stereocenters. The summed E-state index contributed by atoms with van der Waals surface area (Å²) in [6, 6.07) is 13.4. The highest BCUT2D eigenvalue weighted by Crippen LogP contribution is 2.26. The summed E-state index contributed by atoms with van der Waals surface area (Å²) in [7, 11) is 0. The second kappa shape index (κ2) is 10.3. The smallest absolute Gasteiger partial charge is 0.261 e. The van der Waals surface area contributed by atoms with Gasteiger partial charge < -0.3 is 15.0 Å². The molecule has 0 spiro atoms. The number of carbonyl (C=O) groups excluding carboxylic acids is 2. The average Bonchev–Trinajstić information content (AvgIpc) is 2.65. The van der Waals surface area contributed by atoms with E-state index in [9.17, 15) is 9.59 Å². The number of halogens is 2. The van der Waals surface area contributed by atoms with E-state index in [2.05, 4.69) is 5.32 Å². The van der Waals surface area contributed by atoms with Crippen molar-refractivity contribution in [3.8, 4) is 5.75 Å². The fourth-order valence-electron chi connectivity index (χ4n) is 2.59. The van der Waals surface area contributed by atoms with E-state index in [0.29, 0.717) is 21.4 Å². The molecule has 2 amide bonds. The Hall–Kier alpha value is -2.24. The molecule has 2 aromatic carbocycles. The van der Waals surface area contributed by atoms with Gasteiger partial charge in [0.05, 0.1) is 0 Å². The molecule has 0 radical (unpaired) electrons. The molecule has 0 aliphatic rings. The topological polar surface area (TPSA) is 58.6 Å². The van der Waals surface area contributed by atoms with Crippen LogP contribution in [-0.2, 0) is 16.1 Å². The number of nitrogens with zero attached hydrogens (tertiary/aromatic N) is 1. The summed E-state index contributed by atoms with van der Waals surface area (Å²) >= 11 is 12.5. The number of benzene rings is 2. The van der Waals surface area contributed by atoms with Crippen LogP contribution >= 0.6 is 23.2 Å². The predicted molar refractivity (Wildman–Crippen MR) is 112 cm³/mol. The van der Waals surface area contributed by atoms with E-state index < -0.39 is 6.04 Å². The van der Waals surface area contributed by atoms with Gasteiger partial charge in [-0.05, 0) is 45.0 Å². The van der Waals surface area contributed by atoms with Crippen LogP contribution in [0, 0.1) is 0 Å². The number of rotatable bonds is 8. The SMILES string of the molecule is CC(C)NC(=O)[C@H](C)N(Cc1c(Cl)cccc1Cl)C(=O)COc1ccccc1. The predicted octanol–water partition coefficient (Wildman–Crippen LogP) is 4.31. The van der Waals surface area contributed by atoms with Crippen LogP contribution in [0.3, 0.4) is 0 Å². The minimum Gasteiger partial charge on any atom is -0.484 e. The summed E-state index contributed by atoms with van der Waals surface area (Å²) in [5.41, 5.74) is 0.586. The third-order valence-corrected chi connectivity index (χ3v) is 4.80. The lowest BCUT2D eigenvalue weighted by Crippen LogP contribution is -2.50. The van der Waals surface area contributed by atoms with Crippen LogP contribution in [0.15, 0.2) is 48.5 Å². The highest BCUT2D eigenvalue weighted by molar-refractivity contribution is 6.36. The van der Waals surface area contributed by atoms with Crippen molar-refractivity contribution in [2.45, 2.75) is 39.4 Å². The highest BCUT2D eigenvalue weighted by atomic mass is 35.5. The summed E-state index contributed by atoms with van der Waals surface area (Å²) in [5.74, 6) is -0.0247. The molecule has 2 rings (SSSR count). The Kier molecular flexibility index (Phi) is 8.15. The molecule has 0 aliphatic carbocycles. The fourth-order valence-corrected chi connectivity index (χ4v) is 3.10. The van der Waals surface area contributed by atoms with E-state index in [4.69, 9.17) is 27.9 Å². The molecule has 2 aromatic rings. The number of amides is 2. The van der Waals surface area contributed by atoms with E-state index >= 15 is 0 Å². The van der Waals surface area contributed by atoms with Crippen LogP contribution in [0.25, 0.3) is 0 Å². The Morgan fingerprint density at radius 2 is 1.61 bits per heavy atom. The van der Waals surface area contributed by atoms with Crippen LogP contribution in [0.4, 0.5) is 0 Å². The summed E-state index contributed by atoms with van der Waals surface area (Å²) in [6.07, 6.45) is 0. The van der Waals surface area contributed by atoms with Gasteiger partial charge in [0.25, 0.3) is 5.91 Å². The monoisotopic (exact) mass is 422 g/mol. The van der Waals surface area contributed by atoms with E-state index in [1.165, 1.54) is 4.90 Å². The lowest BCUT2D eigenvalue weighted by Gasteiger charge is -2.30. The lowest BCUT2D eigenvalue weighted by molar-refractivity contribution is -0.142. The van der Waals surface area contributed by atoms with Crippen molar-refractivity contribution in [1.29, 1.82) is 0 Å². The van der Waals surface area contributed by atoms with Crippen LogP contribution < -0.4 is 10.1 Å². The number of hydrogen-bond acceptors (Lipinski definition) is 3. The second-order valence-electron chi connectivity index (χ2n) is 6.66. The number of hydrogen-bond donors (Lipinski definition) is 1. The molecule has 28 heavy (non-hydrogen) atoms. The molecule has 0 aromatic heterocycles. The van der Waals surface area contributed by atoms with E-state index in [0.717, 1.165) is 0 Å². The zero-order valence-corrected chi connectivity index (χ0v) is 17.6. The Balaban J connectivity index is 2.21. The van der Waals surface area contributed by atoms with Gasteiger partial charge in [-0.3, -0.25) is 9.59 Å². The van der Waals surface area contributed by atoms with Crippen LogP contribution in [-0.4, -0.2) is 35.4 Å².